The van der Waals surface area contributed by atoms with Crippen LogP contribution in [0.4, 0.5) is 0 Å². The molecule has 1 fully saturated rings. The monoisotopic (exact) mass is 245 g/mol. The average Bonchev–Trinajstić information content (AvgIpc) is 2.75. The van der Waals surface area contributed by atoms with Crippen LogP contribution in [0.25, 0.3) is 0 Å². The Balaban J connectivity index is 2.06. The Hall–Kier alpha value is -0.390. The van der Waals surface area contributed by atoms with Gasteiger partial charge in [-0.05, 0) is 36.6 Å². The van der Waals surface area contributed by atoms with Crippen molar-refractivity contribution in [2.75, 3.05) is 0 Å². The van der Waals surface area contributed by atoms with Crippen LogP contribution in [0.15, 0.2) is 21.7 Å². The standard InChI is InChI=1S/C10H15NO2S2/c1-8-4-5-9(7-8)11-15(12,13)10-3-2-6-14-10/h2-3,6,8-9,11H,4-5,7H2,1H3. The van der Waals surface area contributed by atoms with Crippen LogP contribution in [0.5, 0.6) is 0 Å². The van der Waals surface area contributed by atoms with E-state index in [1.165, 1.54) is 11.3 Å². The predicted molar refractivity (Wildman–Crippen MR) is 61.4 cm³/mol. The molecular formula is C10H15NO2S2. The topological polar surface area (TPSA) is 46.2 Å². The summed E-state index contributed by atoms with van der Waals surface area (Å²) in [7, 11) is -3.26. The fraction of sp³-hybridized carbons (Fsp3) is 0.600. The molecule has 0 bridgehead atoms. The minimum atomic E-state index is -3.26. The Labute approximate surface area is 94.6 Å². The van der Waals surface area contributed by atoms with Crippen LogP contribution in [-0.2, 0) is 10.0 Å². The van der Waals surface area contributed by atoms with Crippen LogP contribution < -0.4 is 4.72 Å². The molecule has 1 heterocycles. The number of hydrogen-bond donors (Lipinski definition) is 1. The van der Waals surface area contributed by atoms with E-state index in [-0.39, 0.29) is 6.04 Å². The van der Waals surface area contributed by atoms with E-state index in [1.807, 2.05) is 0 Å². The molecule has 1 saturated carbocycles. The lowest BCUT2D eigenvalue weighted by atomic mass is 10.1. The summed E-state index contributed by atoms with van der Waals surface area (Å²) >= 11 is 1.26. The molecule has 0 radical (unpaired) electrons. The average molecular weight is 245 g/mol. The molecule has 1 aromatic heterocycles. The first-order chi connectivity index (χ1) is 7.08. The van der Waals surface area contributed by atoms with E-state index in [2.05, 4.69) is 11.6 Å². The maximum atomic E-state index is 11.9. The Morgan fingerprint density at radius 1 is 1.47 bits per heavy atom. The summed E-state index contributed by atoms with van der Waals surface area (Å²) in [6, 6.07) is 3.54. The maximum Gasteiger partial charge on any atom is 0.250 e. The van der Waals surface area contributed by atoms with Gasteiger partial charge in [-0.25, -0.2) is 13.1 Å². The Morgan fingerprint density at radius 2 is 2.27 bits per heavy atom. The molecular weight excluding hydrogens is 230 g/mol. The van der Waals surface area contributed by atoms with Gasteiger partial charge in [0.05, 0.1) is 0 Å². The predicted octanol–water partition coefficient (Wildman–Crippen LogP) is 2.21. The molecule has 1 aliphatic rings. The molecule has 15 heavy (non-hydrogen) atoms. The molecule has 3 nitrogen and oxygen atoms in total. The van der Waals surface area contributed by atoms with Gasteiger partial charge in [0, 0.05) is 6.04 Å². The van der Waals surface area contributed by atoms with E-state index in [0.29, 0.717) is 10.1 Å². The van der Waals surface area contributed by atoms with E-state index in [4.69, 9.17) is 0 Å². The SMILES string of the molecule is CC1CCC(NS(=O)(=O)c2cccs2)C1. The normalized spacial score (nSPS) is 27.0. The van der Waals surface area contributed by atoms with Crippen molar-refractivity contribution in [1.82, 2.24) is 4.72 Å². The highest BCUT2D eigenvalue weighted by molar-refractivity contribution is 7.91. The maximum absolute atomic E-state index is 11.9. The smallest absolute Gasteiger partial charge is 0.207 e. The quantitative estimate of drug-likeness (QED) is 0.887. The van der Waals surface area contributed by atoms with E-state index < -0.39 is 10.0 Å². The van der Waals surface area contributed by atoms with Crippen LogP contribution in [0.2, 0.25) is 0 Å². The van der Waals surface area contributed by atoms with Gasteiger partial charge in [-0.3, -0.25) is 0 Å². The van der Waals surface area contributed by atoms with Gasteiger partial charge in [0.25, 0.3) is 0 Å². The van der Waals surface area contributed by atoms with Crippen molar-refractivity contribution in [2.45, 2.75) is 36.4 Å². The second-order valence-corrected chi connectivity index (χ2v) is 7.06. The molecule has 0 amide bonds. The third kappa shape index (κ3) is 2.59. The zero-order chi connectivity index (χ0) is 10.9. The fourth-order valence-electron chi connectivity index (χ4n) is 2.01. The summed E-state index contributed by atoms with van der Waals surface area (Å²) in [5, 5.41) is 1.78. The highest BCUT2D eigenvalue weighted by Crippen LogP contribution is 2.26. The van der Waals surface area contributed by atoms with Crippen molar-refractivity contribution in [3.8, 4) is 0 Å². The lowest BCUT2D eigenvalue weighted by Gasteiger charge is -2.11. The molecule has 0 aliphatic heterocycles. The van der Waals surface area contributed by atoms with Crippen LogP contribution in [0.1, 0.15) is 26.2 Å². The van der Waals surface area contributed by atoms with E-state index in [1.54, 1.807) is 17.5 Å². The summed E-state index contributed by atoms with van der Waals surface area (Å²) in [5.74, 6) is 0.640. The molecule has 1 N–H and O–H groups in total. The van der Waals surface area contributed by atoms with Gasteiger partial charge in [-0.2, -0.15) is 0 Å². The third-order valence-electron chi connectivity index (χ3n) is 2.78. The van der Waals surface area contributed by atoms with Crippen molar-refractivity contribution in [1.29, 1.82) is 0 Å². The van der Waals surface area contributed by atoms with Gasteiger partial charge in [0.2, 0.25) is 10.0 Å². The van der Waals surface area contributed by atoms with Crippen LogP contribution in [-0.4, -0.2) is 14.5 Å². The molecule has 2 atom stereocenters. The van der Waals surface area contributed by atoms with Crippen molar-refractivity contribution in [2.24, 2.45) is 5.92 Å². The highest BCUT2D eigenvalue weighted by Gasteiger charge is 2.26. The summed E-state index contributed by atoms with van der Waals surface area (Å²) in [4.78, 5) is 0. The zero-order valence-corrected chi connectivity index (χ0v) is 10.3. The molecule has 2 rings (SSSR count). The zero-order valence-electron chi connectivity index (χ0n) is 8.64. The molecule has 0 spiro atoms. The Morgan fingerprint density at radius 3 is 2.80 bits per heavy atom. The minimum absolute atomic E-state index is 0.132. The van der Waals surface area contributed by atoms with Crippen LogP contribution in [0.3, 0.4) is 0 Å². The first kappa shape index (κ1) is 11.1. The van der Waals surface area contributed by atoms with Crippen molar-refractivity contribution >= 4 is 21.4 Å². The number of rotatable bonds is 3. The molecule has 1 aromatic rings. The lowest BCUT2D eigenvalue weighted by Crippen LogP contribution is -2.32. The molecule has 2 unspecified atom stereocenters. The summed E-state index contributed by atoms with van der Waals surface area (Å²) in [5.41, 5.74) is 0. The molecule has 0 aromatic carbocycles. The number of nitrogens with one attached hydrogen (secondary N) is 1. The van der Waals surface area contributed by atoms with Gasteiger partial charge >= 0.3 is 0 Å². The molecule has 1 aliphatic carbocycles. The van der Waals surface area contributed by atoms with Gasteiger partial charge < -0.3 is 0 Å². The first-order valence-electron chi connectivity index (χ1n) is 5.14. The van der Waals surface area contributed by atoms with Gasteiger partial charge in [-0.1, -0.05) is 13.0 Å². The van der Waals surface area contributed by atoms with E-state index in [9.17, 15) is 8.42 Å². The fourth-order valence-corrected chi connectivity index (χ4v) is 4.30. The van der Waals surface area contributed by atoms with Crippen LogP contribution >= 0.6 is 11.3 Å². The number of hydrogen-bond acceptors (Lipinski definition) is 3. The van der Waals surface area contributed by atoms with E-state index >= 15 is 0 Å². The molecule has 0 saturated heterocycles. The number of thiophene rings is 1. The minimum Gasteiger partial charge on any atom is -0.207 e. The van der Waals surface area contributed by atoms with Gasteiger partial charge in [0.1, 0.15) is 4.21 Å². The third-order valence-corrected chi connectivity index (χ3v) is 5.69. The van der Waals surface area contributed by atoms with Gasteiger partial charge in [0.15, 0.2) is 0 Å². The van der Waals surface area contributed by atoms with Crippen molar-refractivity contribution < 1.29 is 8.42 Å². The number of sulfonamides is 1. The lowest BCUT2D eigenvalue weighted by molar-refractivity contribution is 0.540. The van der Waals surface area contributed by atoms with Gasteiger partial charge in [-0.15, -0.1) is 11.3 Å². The Kier molecular flexibility index (Phi) is 3.13. The summed E-state index contributed by atoms with van der Waals surface area (Å²) in [6.45, 7) is 2.17. The highest BCUT2D eigenvalue weighted by atomic mass is 32.2. The second-order valence-electron chi connectivity index (χ2n) is 4.17. The van der Waals surface area contributed by atoms with E-state index in [0.717, 1.165) is 19.3 Å². The molecule has 84 valence electrons. The van der Waals surface area contributed by atoms with Crippen molar-refractivity contribution in [3.05, 3.63) is 17.5 Å². The second kappa shape index (κ2) is 4.23. The summed E-state index contributed by atoms with van der Waals surface area (Å²) < 4.78 is 26.9. The Bertz CT molecular complexity index is 411. The summed E-state index contributed by atoms with van der Waals surface area (Å²) in [6.07, 6.45) is 3.05. The first-order valence-corrected chi connectivity index (χ1v) is 7.50. The van der Waals surface area contributed by atoms with Crippen molar-refractivity contribution in [3.63, 3.8) is 0 Å². The van der Waals surface area contributed by atoms with Crippen LogP contribution in [0, 0.1) is 5.92 Å². The molecule has 5 heteroatoms. The largest absolute Gasteiger partial charge is 0.250 e.